The molecule has 0 spiro atoms. The second-order valence-corrected chi connectivity index (χ2v) is 7.73. The van der Waals surface area contributed by atoms with Crippen molar-refractivity contribution in [3.8, 4) is 0 Å². The van der Waals surface area contributed by atoms with Crippen LogP contribution in [-0.2, 0) is 4.79 Å². The fourth-order valence-electron chi connectivity index (χ4n) is 2.06. The summed E-state index contributed by atoms with van der Waals surface area (Å²) >= 11 is 0. The first-order valence-corrected chi connectivity index (χ1v) is 8.39. The van der Waals surface area contributed by atoms with E-state index in [0.717, 1.165) is 6.42 Å². The quantitative estimate of drug-likeness (QED) is 0.773. The molecule has 1 atom stereocenters. The van der Waals surface area contributed by atoms with E-state index in [1.54, 1.807) is 4.90 Å². The minimum Gasteiger partial charge on any atom is -0.376 e. The van der Waals surface area contributed by atoms with Crippen molar-refractivity contribution < 1.29 is 9.90 Å². The average molecular weight is 319 g/mol. The number of aliphatic hydroxyl groups excluding tert-OH is 1. The molecule has 0 rings (SSSR count). The molecule has 4 nitrogen and oxygen atoms in total. The maximum Gasteiger partial charge on any atom is 0.228 e. The van der Waals surface area contributed by atoms with Crippen LogP contribution in [0, 0.1) is 16.7 Å². The molecule has 1 unspecified atom stereocenters. The summed E-state index contributed by atoms with van der Waals surface area (Å²) in [5.41, 5.74) is 4.51. The molecule has 3 N–H and O–H groups in total. The van der Waals surface area contributed by atoms with Gasteiger partial charge in [-0.1, -0.05) is 55.4 Å². The highest BCUT2D eigenvalue weighted by molar-refractivity contribution is 5.79. The number of hydrogen-bond donors (Lipinski definition) is 2. The molecule has 0 aromatic carbocycles. The molecule has 0 saturated carbocycles. The van der Waals surface area contributed by atoms with E-state index in [-0.39, 0.29) is 35.4 Å². The summed E-state index contributed by atoms with van der Waals surface area (Å²) in [7, 11) is 1.50. The van der Waals surface area contributed by atoms with Gasteiger partial charge < -0.3 is 15.7 Å². The summed E-state index contributed by atoms with van der Waals surface area (Å²) in [4.78, 5) is 14.2. The van der Waals surface area contributed by atoms with Gasteiger partial charge >= 0.3 is 0 Å². The van der Waals surface area contributed by atoms with Crippen LogP contribution in [-0.4, -0.2) is 35.7 Å². The zero-order valence-electron chi connectivity index (χ0n) is 16.9. The Morgan fingerprint density at radius 2 is 1.41 bits per heavy atom. The maximum atomic E-state index is 12.6. The van der Waals surface area contributed by atoms with Gasteiger partial charge in [0.05, 0.1) is 0 Å². The Bertz CT molecular complexity index is 276. The van der Waals surface area contributed by atoms with Gasteiger partial charge in [0.2, 0.25) is 5.91 Å². The lowest BCUT2D eigenvalue weighted by atomic mass is 9.71. The van der Waals surface area contributed by atoms with Gasteiger partial charge in [0.25, 0.3) is 0 Å². The number of carbonyl (C=O) groups excluding carboxylic acids is 1. The van der Waals surface area contributed by atoms with E-state index >= 15 is 0 Å². The van der Waals surface area contributed by atoms with Crippen molar-refractivity contribution in [1.82, 2.24) is 4.90 Å². The topological polar surface area (TPSA) is 66.6 Å². The fraction of sp³-hybridized carbons (Fsp3) is 0.944. The number of hydrogen-bond acceptors (Lipinski definition) is 3. The summed E-state index contributed by atoms with van der Waals surface area (Å²) in [6.45, 7) is 20.4. The molecule has 136 valence electrons. The standard InChI is InChI=1S/C15H31NO2.C2H6.CH5N/c1-11(2)16(10-17)13(18)12(15(6,7)8)9-14(3,4)5;2*1-2/h11-12,17H,9-10H2,1-8H3;1-2H3;2H2,1H3. The van der Waals surface area contributed by atoms with Crippen molar-refractivity contribution in [2.45, 2.75) is 81.7 Å². The number of carbonyl (C=O) groups is 1. The zero-order valence-corrected chi connectivity index (χ0v) is 16.9. The second-order valence-electron chi connectivity index (χ2n) is 7.73. The van der Waals surface area contributed by atoms with Gasteiger partial charge in [0, 0.05) is 12.0 Å². The van der Waals surface area contributed by atoms with Crippen LogP contribution in [0.4, 0.5) is 0 Å². The molecule has 22 heavy (non-hydrogen) atoms. The average Bonchev–Trinajstić information content (AvgIpc) is 2.38. The smallest absolute Gasteiger partial charge is 0.228 e. The van der Waals surface area contributed by atoms with Gasteiger partial charge in [-0.2, -0.15) is 0 Å². The molecule has 0 aliphatic carbocycles. The van der Waals surface area contributed by atoms with E-state index in [4.69, 9.17) is 0 Å². The Morgan fingerprint density at radius 3 is 1.59 bits per heavy atom. The van der Waals surface area contributed by atoms with E-state index < -0.39 is 0 Å². The second kappa shape index (κ2) is 11.9. The van der Waals surface area contributed by atoms with Gasteiger partial charge in [-0.15, -0.1) is 0 Å². The molecule has 0 aliphatic rings. The highest BCUT2D eigenvalue weighted by atomic mass is 16.3. The fourth-order valence-corrected chi connectivity index (χ4v) is 2.06. The molecule has 0 radical (unpaired) electrons. The van der Waals surface area contributed by atoms with Crippen LogP contribution in [0.3, 0.4) is 0 Å². The van der Waals surface area contributed by atoms with E-state index in [1.807, 2.05) is 27.7 Å². The Hall–Kier alpha value is -0.610. The summed E-state index contributed by atoms with van der Waals surface area (Å²) < 4.78 is 0. The largest absolute Gasteiger partial charge is 0.376 e. The van der Waals surface area contributed by atoms with Gasteiger partial charge in [0.15, 0.2) is 0 Å². The third-order valence-electron chi connectivity index (χ3n) is 3.22. The predicted molar refractivity (Wildman–Crippen MR) is 97.5 cm³/mol. The van der Waals surface area contributed by atoms with Gasteiger partial charge in [-0.3, -0.25) is 4.79 Å². The molecule has 1 amide bonds. The van der Waals surface area contributed by atoms with Gasteiger partial charge in [-0.05, 0) is 38.1 Å². The van der Waals surface area contributed by atoms with Crippen molar-refractivity contribution in [2.75, 3.05) is 13.8 Å². The van der Waals surface area contributed by atoms with E-state index in [2.05, 4.69) is 47.3 Å². The maximum absolute atomic E-state index is 12.6. The Labute approximate surface area is 139 Å². The third kappa shape index (κ3) is 11.0. The first kappa shape index (κ1) is 26.3. The molecule has 0 fully saturated rings. The molecular weight excluding hydrogens is 276 g/mol. The summed E-state index contributed by atoms with van der Waals surface area (Å²) in [6, 6.07) is 0.0346. The summed E-state index contributed by atoms with van der Waals surface area (Å²) in [5, 5.41) is 9.38. The monoisotopic (exact) mass is 318 g/mol. The third-order valence-corrected chi connectivity index (χ3v) is 3.22. The first-order valence-electron chi connectivity index (χ1n) is 8.39. The molecule has 0 aromatic rings. The number of amides is 1. The highest BCUT2D eigenvalue weighted by Gasteiger charge is 2.37. The Morgan fingerprint density at radius 1 is 1.05 bits per heavy atom. The summed E-state index contributed by atoms with van der Waals surface area (Å²) in [6.07, 6.45) is 0.832. The minimum absolute atomic E-state index is 0.0346. The lowest BCUT2D eigenvalue weighted by Gasteiger charge is -2.38. The highest BCUT2D eigenvalue weighted by Crippen LogP contribution is 2.37. The molecule has 0 aromatic heterocycles. The molecule has 0 aliphatic heterocycles. The van der Waals surface area contributed by atoms with Crippen LogP contribution in [0.15, 0.2) is 0 Å². The van der Waals surface area contributed by atoms with Crippen LogP contribution >= 0.6 is 0 Å². The van der Waals surface area contributed by atoms with Crippen molar-refractivity contribution in [2.24, 2.45) is 22.5 Å². The number of rotatable bonds is 4. The van der Waals surface area contributed by atoms with E-state index in [9.17, 15) is 9.90 Å². The molecule has 0 bridgehead atoms. The lowest BCUT2D eigenvalue weighted by molar-refractivity contribution is -0.146. The Kier molecular flexibility index (Phi) is 14.2. The first-order chi connectivity index (χ1) is 9.90. The SMILES string of the molecule is CC.CC(C)N(CO)C(=O)C(CC(C)(C)C)C(C)(C)C.CN. The van der Waals surface area contributed by atoms with Gasteiger partial charge in [0.1, 0.15) is 6.73 Å². The van der Waals surface area contributed by atoms with Crippen molar-refractivity contribution in [1.29, 1.82) is 0 Å². The predicted octanol–water partition coefficient (Wildman–Crippen LogP) is 3.87. The van der Waals surface area contributed by atoms with Crippen molar-refractivity contribution in [3.05, 3.63) is 0 Å². The number of nitrogens with two attached hydrogens (primary N) is 1. The van der Waals surface area contributed by atoms with Crippen molar-refractivity contribution in [3.63, 3.8) is 0 Å². The number of aliphatic hydroxyl groups is 1. The molecule has 0 heterocycles. The molecular formula is C18H42N2O2. The molecule has 4 heteroatoms. The van der Waals surface area contributed by atoms with Crippen LogP contribution < -0.4 is 5.73 Å². The lowest BCUT2D eigenvalue weighted by Crippen LogP contribution is -2.46. The van der Waals surface area contributed by atoms with Crippen LogP contribution in [0.5, 0.6) is 0 Å². The van der Waals surface area contributed by atoms with Crippen LogP contribution in [0.2, 0.25) is 0 Å². The van der Waals surface area contributed by atoms with E-state index in [0.29, 0.717) is 0 Å². The van der Waals surface area contributed by atoms with Crippen LogP contribution in [0.1, 0.15) is 75.7 Å². The summed E-state index contributed by atoms with van der Waals surface area (Å²) in [5.74, 6) is 0.00183. The van der Waals surface area contributed by atoms with Crippen molar-refractivity contribution >= 4 is 5.91 Å². The zero-order chi connectivity index (χ0) is 18.7. The Balaban J connectivity index is -0.000000826. The van der Waals surface area contributed by atoms with E-state index in [1.165, 1.54) is 7.05 Å². The molecule has 0 saturated heterocycles. The van der Waals surface area contributed by atoms with Crippen LogP contribution in [0.25, 0.3) is 0 Å². The normalized spacial score (nSPS) is 12.6. The minimum atomic E-state index is -0.201. The van der Waals surface area contributed by atoms with Gasteiger partial charge in [-0.25, -0.2) is 0 Å². The number of nitrogens with zero attached hydrogens (tertiary/aromatic N) is 1.